The van der Waals surface area contributed by atoms with Gasteiger partial charge in [-0.3, -0.25) is 0 Å². The molecule has 0 saturated carbocycles. The molecule has 0 amide bonds. The summed E-state index contributed by atoms with van der Waals surface area (Å²) in [5.41, 5.74) is 8.13. The Morgan fingerprint density at radius 1 is 0.636 bits per heavy atom. The first kappa shape index (κ1) is 28.6. The smallest absolute Gasteiger partial charge is 0.207 e. The number of benzene rings is 3. The number of fused-ring (bicyclic) bond motifs is 1. The van der Waals surface area contributed by atoms with E-state index in [9.17, 15) is 0 Å². The zero-order chi connectivity index (χ0) is 23.0. The second kappa shape index (κ2) is 17.1. The van der Waals surface area contributed by atoms with Crippen molar-refractivity contribution in [2.75, 3.05) is 0 Å². The molecule has 5 rings (SSSR count). The summed E-state index contributed by atoms with van der Waals surface area (Å²) in [5, 5.41) is 0. The number of hydrogen-bond donors (Lipinski definition) is 0. The van der Waals surface area contributed by atoms with Gasteiger partial charge in [0.15, 0.2) is 0 Å². The molecule has 0 saturated heterocycles. The standard InChI is InChI=1S/C10H15Si.3C7H7.Ti/c11-7-8-5-9-3-1-2-4-10(9)6-8;3*1-7-5-3-2-4-6-7;/h5-6H,1-4,7H2,11H3;3*2-6H,1H2;/q4*-1;+4. The zero-order valence-electron chi connectivity index (χ0n) is 20.0. The zero-order valence-corrected chi connectivity index (χ0v) is 23.5. The summed E-state index contributed by atoms with van der Waals surface area (Å²) in [7, 11) is 1.31. The van der Waals surface area contributed by atoms with Crippen LogP contribution in [0.1, 0.15) is 46.2 Å². The van der Waals surface area contributed by atoms with Crippen molar-refractivity contribution in [1.29, 1.82) is 0 Å². The second-order valence-electron chi connectivity index (χ2n) is 7.93. The number of rotatable bonds is 1. The van der Waals surface area contributed by atoms with E-state index in [4.69, 9.17) is 0 Å². The van der Waals surface area contributed by atoms with E-state index < -0.39 is 0 Å². The molecule has 0 fully saturated rings. The molecule has 0 radical (unpaired) electrons. The van der Waals surface area contributed by atoms with E-state index in [-0.39, 0.29) is 21.7 Å². The van der Waals surface area contributed by atoms with E-state index in [1.807, 2.05) is 91.0 Å². The van der Waals surface area contributed by atoms with Crippen molar-refractivity contribution in [3.05, 3.63) is 157 Å². The van der Waals surface area contributed by atoms with Crippen molar-refractivity contribution in [2.45, 2.75) is 31.7 Å². The minimum absolute atomic E-state index is 0. The molecule has 4 aromatic carbocycles. The Labute approximate surface area is 220 Å². The Morgan fingerprint density at radius 3 is 1.33 bits per heavy atom. The first-order valence-electron chi connectivity index (χ1n) is 11.5. The Morgan fingerprint density at radius 2 is 1.03 bits per heavy atom. The van der Waals surface area contributed by atoms with Gasteiger partial charge in [0, 0.05) is 10.2 Å². The van der Waals surface area contributed by atoms with Gasteiger partial charge in [-0.25, -0.2) is 6.07 Å². The normalized spacial score (nSPS) is 11.0. The molecule has 4 aromatic rings. The fourth-order valence-electron chi connectivity index (χ4n) is 3.41. The first-order valence-corrected chi connectivity index (χ1v) is 12.9. The molecule has 0 unspecified atom stereocenters. The van der Waals surface area contributed by atoms with Gasteiger partial charge in [-0.2, -0.15) is 96.6 Å². The molecule has 0 bridgehead atoms. The van der Waals surface area contributed by atoms with Crippen molar-refractivity contribution in [2.24, 2.45) is 0 Å². The van der Waals surface area contributed by atoms with Gasteiger partial charge >= 0.3 is 21.7 Å². The van der Waals surface area contributed by atoms with Crippen molar-refractivity contribution >= 4 is 10.2 Å². The summed E-state index contributed by atoms with van der Waals surface area (Å²) in [6.45, 7) is 11.2. The predicted molar refractivity (Wildman–Crippen MR) is 145 cm³/mol. The fourth-order valence-corrected chi connectivity index (χ4v) is 3.82. The molecule has 0 N–H and O–H groups in total. The van der Waals surface area contributed by atoms with Crippen LogP contribution in [-0.2, 0) is 40.6 Å². The van der Waals surface area contributed by atoms with Crippen molar-refractivity contribution in [3.63, 3.8) is 0 Å². The van der Waals surface area contributed by atoms with E-state index in [1.54, 1.807) is 16.7 Å². The first-order chi connectivity index (χ1) is 15.6. The van der Waals surface area contributed by atoms with E-state index in [0.29, 0.717) is 0 Å². The molecule has 1 aliphatic rings. The van der Waals surface area contributed by atoms with Crippen LogP contribution in [-0.4, -0.2) is 10.2 Å². The maximum absolute atomic E-state index is 3.72. The predicted octanol–water partition coefficient (Wildman–Crippen LogP) is 6.75. The summed E-state index contributed by atoms with van der Waals surface area (Å²) in [5.74, 6) is 0. The van der Waals surface area contributed by atoms with Gasteiger partial charge in [0.25, 0.3) is 0 Å². The minimum atomic E-state index is 0. The van der Waals surface area contributed by atoms with Crippen LogP contribution in [0.25, 0.3) is 0 Å². The quantitative estimate of drug-likeness (QED) is 0.207. The van der Waals surface area contributed by atoms with Crippen LogP contribution in [0.15, 0.2) is 103 Å². The van der Waals surface area contributed by atoms with Gasteiger partial charge in [-0.15, -0.1) is 36.4 Å². The SMILES string of the molecule is [CH2-]c1ccccc1.[CH2-]c1ccccc1.[CH2-]c1ccccc1.[SiH3]Cc1cc2c([cH-]1)CCCC2.[Ti+4]. The third kappa shape index (κ3) is 12.4. The minimum Gasteiger partial charge on any atom is -0.207 e. The van der Waals surface area contributed by atoms with Crippen LogP contribution in [0.4, 0.5) is 0 Å². The molecular formula is C31H36SiTi. The van der Waals surface area contributed by atoms with Gasteiger partial charge in [-0.05, 0) is 0 Å². The van der Waals surface area contributed by atoms with Crippen molar-refractivity contribution < 1.29 is 21.7 Å². The summed E-state index contributed by atoms with van der Waals surface area (Å²) >= 11 is 0. The largest absolute Gasteiger partial charge is 4.00 e. The Hall–Kier alpha value is -2.45. The van der Waals surface area contributed by atoms with Crippen LogP contribution in [0.2, 0.25) is 0 Å². The van der Waals surface area contributed by atoms with Gasteiger partial charge in [-0.1, -0.05) is 49.9 Å². The molecule has 0 heterocycles. The van der Waals surface area contributed by atoms with Crippen LogP contribution < -0.4 is 0 Å². The van der Waals surface area contributed by atoms with Gasteiger partial charge < -0.3 is 0 Å². The maximum atomic E-state index is 3.72. The van der Waals surface area contributed by atoms with Crippen LogP contribution in [0.3, 0.4) is 0 Å². The third-order valence-electron chi connectivity index (χ3n) is 5.21. The van der Waals surface area contributed by atoms with Crippen LogP contribution in [0, 0.1) is 20.8 Å². The van der Waals surface area contributed by atoms with Crippen molar-refractivity contribution in [1.82, 2.24) is 0 Å². The molecule has 1 aliphatic carbocycles. The van der Waals surface area contributed by atoms with E-state index in [1.165, 1.54) is 42.0 Å². The Kier molecular flexibility index (Phi) is 14.8. The van der Waals surface area contributed by atoms with Crippen molar-refractivity contribution in [3.8, 4) is 0 Å². The van der Waals surface area contributed by atoms with Crippen LogP contribution >= 0.6 is 0 Å². The summed E-state index contributed by atoms with van der Waals surface area (Å²) < 4.78 is 0. The average Bonchev–Trinajstić information content (AvgIpc) is 3.26. The van der Waals surface area contributed by atoms with Gasteiger partial charge in [0.2, 0.25) is 0 Å². The molecule has 0 aliphatic heterocycles. The molecule has 0 aromatic heterocycles. The Bertz CT molecular complexity index is 863. The fraction of sp³-hybridized carbons (Fsp3) is 0.161. The molecule has 2 heteroatoms. The van der Waals surface area contributed by atoms with Gasteiger partial charge in [0.05, 0.1) is 0 Å². The topological polar surface area (TPSA) is 0 Å². The Balaban J connectivity index is 0.000000223. The molecular weight excluding hydrogens is 448 g/mol. The molecule has 168 valence electrons. The summed E-state index contributed by atoms with van der Waals surface area (Å²) in [4.78, 5) is 0. The molecule has 33 heavy (non-hydrogen) atoms. The molecule has 0 nitrogen and oxygen atoms in total. The molecule has 0 spiro atoms. The molecule has 0 atom stereocenters. The van der Waals surface area contributed by atoms with E-state index >= 15 is 0 Å². The summed E-state index contributed by atoms with van der Waals surface area (Å²) in [6, 6.07) is 35.8. The third-order valence-corrected chi connectivity index (χ3v) is 6.03. The van der Waals surface area contributed by atoms with E-state index in [0.717, 1.165) is 16.7 Å². The number of aryl methyl sites for hydroxylation is 2. The monoisotopic (exact) mass is 484 g/mol. The second-order valence-corrected chi connectivity index (χ2v) is 8.64. The van der Waals surface area contributed by atoms with Crippen LogP contribution in [0.5, 0.6) is 0 Å². The van der Waals surface area contributed by atoms with Gasteiger partial charge in [0.1, 0.15) is 0 Å². The average molecular weight is 485 g/mol. The number of hydrogen-bond acceptors (Lipinski definition) is 0. The van der Waals surface area contributed by atoms with E-state index in [2.05, 4.69) is 32.9 Å². The summed E-state index contributed by atoms with van der Waals surface area (Å²) in [6.07, 6.45) is 5.52. The maximum Gasteiger partial charge on any atom is 4.00 e.